The number of para-hydroxylation sites is 1. The molecule has 1 aliphatic rings. The fourth-order valence-corrected chi connectivity index (χ4v) is 4.22. The summed E-state index contributed by atoms with van der Waals surface area (Å²) in [5.41, 5.74) is 1.12. The van der Waals surface area contributed by atoms with E-state index in [0.29, 0.717) is 30.1 Å². The van der Waals surface area contributed by atoms with Crippen molar-refractivity contribution in [3.8, 4) is 5.75 Å². The van der Waals surface area contributed by atoms with Gasteiger partial charge in [-0.1, -0.05) is 24.3 Å². The third-order valence-electron chi connectivity index (χ3n) is 6.36. The molecule has 1 aromatic heterocycles. The first-order chi connectivity index (χ1) is 17.5. The lowest BCUT2D eigenvalue weighted by atomic mass is 10.1. The highest BCUT2D eigenvalue weighted by molar-refractivity contribution is 5.98. The molecule has 3 N–H and O–H groups in total. The fraction of sp³-hybridized carbons (Fsp3) is 0.370. The second kappa shape index (κ2) is 12.3. The van der Waals surface area contributed by atoms with Crippen LogP contribution in [0.2, 0.25) is 0 Å². The van der Waals surface area contributed by atoms with E-state index in [0.717, 1.165) is 43.9 Å². The molecule has 2 aromatic carbocycles. The van der Waals surface area contributed by atoms with E-state index in [1.807, 2.05) is 24.3 Å². The molecule has 2 heterocycles. The number of hydrogen-bond donors (Lipinski definition) is 3. The van der Waals surface area contributed by atoms with E-state index >= 15 is 0 Å². The van der Waals surface area contributed by atoms with E-state index in [1.54, 1.807) is 24.3 Å². The molecule has 9 nitrogen and oxygen atoms in total. The molecule has 0 saturated carbocycles. The third-order valence-corrected chi connectivity index (χ3v) is 6.36. The molecule has 0 radical (unpaired) electrons. The molecular formula is C27H32N4O5. The number of amides is 2. The van der Waals surface area contributed by atoms with Crippen LogP contribution in [0.4, 0.5) is 0 Å². The van der Waals surface area contributed by atoms with Gasteiger partial charge >= 0.3 is 0 Å². The van der Waals surface area contributed by atoms with E-state index in [-0.39, 0.29) is 23.4 Å². The molecule has 0 spiro atoms. The van der Waals surface area contributed by atoms with Crippen LogP contribution in [-0.2, 0) is 16.1 Å². The minimum atomic E-state index is -0.599. The van der Waals surface area contributed by atoms with Crippen LogP contribution in [0.15, 0.2) is 59.5 Å². The molecule has 1 aliphatic heterocycles. The highest BCUT2D eigenvalue weighted by Crippen LogP contribution is 2.15. The zero-order valence-corrected chi connectivity index (χ0v) is 20.4. The van der Waals surface area contributed by atoms with Crippen molar-refractivity contribution in [1.29, 1.82) is 0 Å². The number of benzene rings is 2. The normalized spacial score (nSPS) is 14.1. The topological polar surface area (TPSA) is 113 Å². The Morgan fingerprint density at radius 1 is 1.11 bits per heavy atom. The van der Waals surface area contributed by atoms with Gasteiger partial charge in [-0.05, 0) is 49.7 Å². The van der Waals surface area contributed by atoms with Crippen molar-refractivity contribution in [3.63, 3.8) is 0 Å². The molecule has 36 heavy (non-hydrogen) atoms. The van der Waals surface area contributed by atoms with Crippen molar-refractivity contribution in [2.24, 2.45) is 0 Å². The summed E-state index contributed by atoms with van der Waals surface area (Å²) in [5, 5.41) is 5.71. The van der Waals surface area contributed by atoms with Gasteiger partial charge in [-0.3, -0.25) is 19.3 Å². The Morgan fingerprint density at radius 3 is 2.75 bits per heavy atom. The Kier molecular flexibility index (Phi) is 8.70. The summed E-state index contributed by atoms with van der Waals surface area (Å²) in [5.74, 6) is -0.214. The van der Waals surface area contributed by atoms with Crippen LogP contribution in [0, 0.1) is 0 Å². The monoisotopic (exact) mass is 492 g/mol. The van der Waals surface area contributed by atoms with Gasteiger partial charge in [0.15, 0.2) is 0 Å². The number of rotatable bonds is 10. The van der Waals surface area contributed by atoms with Crippen LogP contribution in [0.5, 0.6) is 5.75 Å². The summed E-state index contributed by atoms with van der Waals surface area (Å²) in [6, 6.07) is 15.0. The second-order valence-electron chi connectivity index (χ2n) is 8.86. The summed E-state index contributed by atoms with van der Waals surface area (Å²) < 4.78 is 11.3. The van der Waals surface area contributed by atoms with Gasteiger partial charge in [-0.25, -0.2) is 0 Å². The molecule has 1 saturated heterocycles. The van der Waals surface area contributed by atoms with Crippen molar-refractivity contribution >= 4 is 22.7 Å². The highest BCUT2D eigenvalue weighted by atomic mass is 16.5. The maximum Gasteiger partial charge on any atom is 0.257 e. The Hall–Kier alpha value is -3.69. The summed E-state index contributed by atoms with van der Waals surface area (Å²) in [6.07, 6.45) is 3.46. The first-order valence-corrected chi connectivity index (χ1v) is 12.2. The molecule has 2 amide bonds. The number of carbonyl (C=O) groups is 2. The fourth-order valence-electron chi connectivity index (χ4n) is 4.22. The molecular weight excluding hydrogens is 460 g/mol. The smallest absolute Gasteiger partial charge is 0.257 e. The van der Waals surface area contributed by atoms with Gasteiger partial charge in [0, 0.05) is 49.4 Å². The lowest BCUT2D eigenvalue weighted by molar-refractivity contribution is -0.120. The van der Waals surface area contributed by atoms with Crippen molar-refractivity contribution in [2.45, 2.75) is 25.4 Å². The quantitative estimate of drug-likeness (QED) is 0.399. The molecule has 1 fully saturated rings. The first-order valence-electron chi connectivity index (χ1n) is 12.2. The zero-order valence-electron chi connectivity index (χ0n) is 20.4. The molecule has 0 aliphatic carbocycles. The van der Waals surface area contributed by atoms with Gasteiger partial charge in [-0.15, -0.1) is 0 Å². The van der Waals surface area contributed by atoms with Gasteiger partial charge in [0.05, 0.1) is 6.54 Å². The molecule has 3 aromatic rings. The van der Waals surface area contributed by atoms with Crippen LogP contribution in [0.3, 0.4) is 0 Å². The highest BCUT2D eigenvalue weighted by Gasteiger charge is 2.18. The number of hydrogen-bond acceptors (Lipinski definition) is 6. The molecule has 9 heteroatoms. The van der Waals surface area contributed by atoms with Crippen molar-refractivity contribution in [3.05, 3.63) is 76.1 Å². The molecule has 0 atom stereocenters. The Labute approximate surface area is 209 Å². The number of fused-ring (bicyclic) bond motifs is 1. The van der Waals surface area contributed by atoms with Crippen LogP contribution < -0.4 is 20.8 Å². The predicted molar refractivity (Wildman–Crippen MR) is 137 cm³/mol. The van der Waals surface area contributed by atoms with E-state index < -0.39 is 5.91 Å². The standard InChI is InChI=1S/C27H32N4O5/c1-31(20-9-12-35-13-10-20)11-14-36-21-6-4-5-19(15-21)16-29-25(32)18-30-27(34)23-17-28-24-8-3-2-7-22(24)26(23)33/h2-8,15,17,20H,9-14,16,18H2,1H3,(H,28,33)(H,29,32)(H,30,34). The SMILES string of the molecule is CN(CCOc1cccc(CNC(=O)CNC(=O)c2c[nH]c3ccccc3c2=O)c1)C1CCOCC1. The Morgan fingerprint density at radius 2 is 1.92 bits per heavy atom. The van der Waals surface area contributed by atoms with Crippen LogP contribution >= 0.6 is 0 Å². The van der Waals surface area contributed by atoms with E-state index in [9.17, 15) is 14.4 Å². The maximum absolute atomic E-state index is 12.5. The lowest BCUT2D eigenvalue weighted by Gasteiger charge is -2.31. The largest absolute Gasteiger partial charge is 0.492 e. The van der Waals surface area contributed by atoms with Crippen molar-refractivity contribution in [2.75, 3.05) is 40.0 Å². The number of H-pyrrole nitrogens is 1. The van der Waals surface area contributed by atoms with E-state index in [2.05, 4.69) is 27.6 Å². The Bertz CT molecular complexity index is 1250. The number of ether oxygens (including phenoxy) is 2. The predicted octanol–water partition coefficient (Wildman–Crippen LogP) is 2.06. The second-order valence-corrected chi connectivity index (χ2v) is 8.86. The average Bonchev–Trinajstić information content (AvgIpc) is 2.91. The number of aromatic nitrogens is 1. The van der Waals surface area contributed by atoms with Crippen LogP contribution in [0.1, 0.15) is 28.8 Å². The van der Waals surface area contributed by atoms with Gasteiger partial charge in [0.2, 0.25) is 11.3 Å². The lowest BCUT2D eigenvalue weighted by Crippen LogP contribution is -2.38. The summed E-state index contributed by atoms with van der Waals surface area (Å²) >= 11 is 0. The number of nitrogens with zero attached hydrogens (tertiary/aromatic N) is 1. The molecule has 0 bridgehead atoms. The van der Waals surface area contributed by atoms with E-state index in [4.69, 9.17) is 9.47 Å². The number of aromatic amines is 1. The van der Waals surface area contributed by atoms with Gasteiger partial charge < -0.3 is 25.1 Å². The third kappa shape index (κ3) is 6.71. The average molecular weight is 493 g/mol. The van der Waals surface area contributed by atoms with Crippen molar-refractivity contribution in [1.82, 2.24) is 20.5 Å². The van der Waals surface area contributed by atoms with Crippen LogP contribution in [0.25, 0.3) is 10.9 Å². The number of likely N-dealkylation sites (N-methyl/N-ethyl adjacent to an activating group) is 1. The summed E-state index contributed by atoms with van der Waals surface area (Å²) in [7, 11) is 2.11. The van der Waals surface area contributed by atoms with Crippen molar-refractivity contribution < 1.29 is 19.1 Å². The minimum Gasteiger partial charge on any atom is -0.492 e. The summed E-state index contributed by atoms with van der Waals surface area (Å²) in [4.78, 5) is 42.5. The van der Waals surface area contributed by atoms with Gasteiger partial charge in [0.25, 0.3) is 5.91 Å². The van der Waals surface area contributed by atoms with Gasteiger partial charge in [0.1, 0.15) is 17.9 Å². The number of carbonyl (C=O) groups excluding carboxylic acids is 2. The Balaban J connectivity index is 1.21. The van der Waals surface area contributed by atoms with E-state index in [1.165, 1.54) is 6.20 Å². The number of nitrogens with one attached hydrogen (secondary N) is 3. The molecule has 190 valence electrons. The maximum atomic E-state index is 12.5. The number of pyridine rings is 1. The minimum absolute atomic E-state index is 0.0335. The zero-order chi connectivity index (χ0) is 25.3. The van der Waals surface area contributed by atoms with Gasteiger partial charge in [-0.2, -0.15) is 0 Å². The molecule has 4 rings (SSSR count). The van der Waals surface area contributed by atoms with Crippen LogP contribution in [-0.4, -0.2) is 67.7 Å². The first kappa shape index (κ1) is 25.4. The summed E-state index contributed by atoms with van der Waals surface area (Å²) in [6.45, 7) is 3.09. The molecule has 0 unspecified atom stereocenters.